The third-order valence-corrected chi connectivity index (χ3v) is 3.68. The van der Waals surface area contributed by atoms with Gasteiger partial charge in [-0.3, -0.25) is 0 Å². The molecule has 0 aliphatic carbocycles. The zero-order chi connectivity index (χ0) is 13.3. The zero-order valence-corrected chi connectivity index (χ0v) is 12.8. The van der Waals surface area contributed by atoms with Crippen molar-refractivity contribution in [1.29, 1.82) is 0 Å². The average Bonchev–Trinajstić information content (AvgIpc) is 2.91. The first-order valence-corrected chi connectivity index (χ1v) is 7.78. The second-order valence-electron chi connectivity index (χ2n) is 4.87. The van der Waals surface area contributed by atoms with Crippen LogP contribution in [0.3, 0.4) is 0 Å². The van der Waals surface area contributed by atoms with Crippen LogP contribution in [0.4, 0.5) is 0 Å². The molecule has 1 aliphatic rings. The van der Waals surface area contributed by atoms with Gasteiger partial charge in [0, 0.05) is 24.2 Å². The molecule has 0 radical (unpaired) electrons. The lowest BCUT2D eigenvalue weighted by atomic mass is 10.2. The Labute approximate surface area is 123 Å². The summed E-state index contributed by atoms with van der Waals surface area (Å²) >= 11 is 3.48. The number of nitrogens with one attached hydrogen (secondary N) is 1. The molecule has 0 aromatic heterocycles. The quantitative estimate of drug-likeness (QED) is 0.744. The molecule has 0 bridgehead atoms. The molecule has 1 fully saturated rings. The number of halogens is 1. The molecule has 1 aromatic rings. The maximum absolute atomic E-state index is 5.62. The van der Waals surface area contributed by atoms with E-state index in [2.05, 4.69) is 39.4 Å². The largest absolute Gasteiger partial charge is 0.379 e. The Kier molecular flexibility index (Phi) is 6.85. The lowest BCUT2D eigenvalue weighted by Gasteiger charge is -2.10. The predicted molar refractivity (Wildman–Crippen MR) is 80.3 cm³/mol. The van der Waals surface area contributed by atoms with Crippen LogP contribution >= 0.6 is 15.9 Å². The molecular weight excluding hydrogens is 306 g/mol. The molecule has 1 saturated heterocycles. The van der Waals surface area contributed by atoms with Gasteiger partial charge >= 0.3 is 0 Å². The molecule has 1 N–H and O–H groups in total. The monoisotopic (exact) mass is 327 g/mol. The van der Waals surface area contributed by atoms with Crippen molar-refractivity contribution >= 4 is 15.9 Å². The molecule has 4 heteroatoms. The van der Waals surface area contributed by atoms with E-state index >= 15 is 0 Å². The third kappa shape index (κ3) is 6.04. The summed E-state index contributed by atoms with van der Waals surface area (Å²) in [5, 5.41) is 3.43. The second-order valence-corrected chi connectivity index (χ2v) is 5.79. The van der Waals surface area contributed by atoms with Gasteiger partial charge < -0.3 is 14.8 Å². The highest BCUT2D eigenvalue weighted by Gasteiger charge is 2.14. The number of hydrogen-bond acceptors (Lipinski definition) is 3. The van der Waals surface area contributed by atoms with Gasteiger partial charge in [0.15, 0.2) is 0 Å². The van der Waals surface area contributed by atoms with E-state index < -0.39 is 0 Å². The van der Waals surface area contributed by atoms with Gasteiger partial charge in [-0.25, -0.2) is 0 Å². The third-order valence-electron chi connectivity index (χ3n) is 3.19. The van der Waals surface area contributed by atoms with Gasteiger partial charge in [-0.2, -0.15) is 0 Å². The molecule has 1 aliphatic heterocycles. The molecule has 3 nitrogen and oxygen atoms in total. The molecule has 1 heterocycles. The van der Waals surface area contributed by atoms with E-state index in [4.69, 9.17) is 9.47 Å². The van der Waals surface area contributed by atoms with Crippen LogP contribution in [0.1, 0.15) is 24.8 Å². The summed E-state index contributed by atoms with van der Waals surface area (Å²) in [6.07, 6.45) is 3.72. The fourth-order valence-electron chi connectivity index (χ4n) is 2.17. The van der Waals surface area contributed by atoms with Crippen molar-refractivity contribution in [2.45, 2.75) is 31.9 Å². The molecule has 1 aromatic carbocycles. The van der Waals surface area contributed by atoms with Gasteiger partial charge in [-0.1, -0.05) is 28.1 Å². The van der Waals surface area contributed by atoms with Crippen LogP contribution in [-0.4, -0.2) is 32.5 Å². The Hall–Kier alpha value is -0.420. The molecule has 0 amide bonds. The number of hydrogen-bond donors (Lipinski definition) is 1. The molecule has 0 saturated carbocycles. The number of benzene rings is 1. The topological polar surface area (TPSA) is 30.5 Å². The Morgan fingerprint density at radius 3 is 3.16 bits per heavy atom. The minimum absolute atomic E-state index is 0.342. The van der Waals surface area contributed by atoms with Crippen LogP contribution in [0.5, 0.6) is 0 Å². The smallest absolute Gasteiger partial charge is 0.0809 e. The van der Waals surface area contributed by atoms with Gasteiger partial charge in [-0.15, -0.1) is 0 Å². The molecule has 19 heavy (non-hydrogen) atoms. The van der Waals surface area contributed by atoms with Crippen LogP contribution in [-0.2, 0) is 16.0 Å². The maximum atomic E-state index is 5.62. The van der Waals surface area contributed by atoms with Crippen molar-refractivity contribution in [2.24, 2.45) is 0 Å². The van der Waals surface area contributed by atoms with Crippen molar-refractivity contribution < 1.29 is 9.47 Å². The summed E-state index contributed by atoms with van der Waals surface area (Å²) in [5.74, 6) is 0. The first-order chi connectivity index (χ1) is 9.34. The van der Waals surface area contributed by atoms with Crippen LogP contribution in [0.25, 0.3) is 0 Å². The predicted octanol–water partition coefficient (Wildman–Crippen LogP) is 3.12. The van der Waals surface area contributed by atoms with Crippen molar-refractivity contribution in [3.05, 3.63) is 34.3 Å². The number of rotatable bonds is 8. The SMILES string of the molecule is Brc1cccc(CNCCCOCC2CCCO2)c1. The Morgan fingerprint density at radius 1 is 1.42 bits per heavy atom. The zero-order valence-electron chi connectivity index (χ0n) is 11.2. The fourth-order valence-corrected chi connectivity index (χ4v) is 2.62. The minimum Gasteiger partial charge on any atom is -0.379 e. The normalized spacial score (nSPS) is 18.9. The summed E-state index contributed by atoms with van der Waals surface area (Å²) in [7, 11) is 0. The van der Waals surface area contributed by atoms with Crippen molar-refractivity contribution in [1.82, 2.24) is 5.32 Å². The van der Waals surface area contributed by atoms with Crippen molar-refractivity contribution in [3.8, 4) is 0 Å². The lowest BCUT2D eigenvalue weighted by Crippen LogP contribution is -2.18. The fraction of sp³-hybridized carbons (Fsp3) is 0.600. The van der Waals surface area contributed by atoms with Gasteiger partial charge in [0.1, 0.15) is 0 Å². The van der Waals surface area contributed by atoms with Crippen LogP contribution in [0.2, 0.25) is 0 Å². The first-order valence-electron chi connectivity index (χ1n) is 6.99. The molecule has 2 rings (SSSR count). The van der Waals surface area contributed by atoms with Gasteiger partial charge in [0.05, 0.1) is 12.7 Å². The standard InChI is InChI=1S/C15H22BrNO2/c16-14-5-1-4-13(10-14)11-17-7-3-8-18-12-15-6-2-9-19-15/h1,4-5,10,15,17H,2-3,6-9,11-12H2. The van der Waals surface area contributed by atoms with E-state index in [1.165, 1.54) is 12.0 Å². The van der Waals surface area contributed by atoms with Gasteiger partial charge in [0.25, 0.3) is 0 Å². The summed E-state index contributed by atoms with van der Waals surface area (Å²) in [4.78, 5) is 0. The summed E-state index contributed by atoms with van der Waals surface area (Å²) in [6.45, 7) is 4.36. The van der Waals surface area contributed by atoms with Gasteiger partial charge in [-0.05, 0) is 43.5 Å². The van der Waals surface area contributed by atoms with Crippen molar-refractivity contribution in [2.75, 3.05) is 26.4 Å². The molecule has 106 valence electrons. The summed E-state index contributed by atoms with van der Waals surface area (Å²) in [6, 6.07) is 8.38. The highest BCUT2D eigenvalue weighted by atomic mass is 79.9. The van der Waals surface area contributed by atoms with Crippen LogP contribution < -0.4 is 5.32 Å². The highest BCUT2D eigenvalue weighted by molar-refractivity contribution is 9.10. The summed E-state index contributed by atoms with van der Waals surface area (Å²) < 4.78 is 12.3. The van der Waals surface area contributed by atoms with Crippen LogP contribution in [0.15, 0.2) is 28.7 Å². The number of ether oxygens (including phenoxy) is 2. The van der Waals surface area contributed by atoms with E-state index in [0.29, 0.717) is 6.10 Å². The van der Waals surface area contributed by atoms with Crippen molar-refractivity contribution in [3.63, 3.8) is 0 Å². The minimum atomic E-state index is 0.342. The highest BCUT2D eigenvalue weighted by Crippen LogP contribution is 2.12. The van der Waals surface area contributed by atoms with E-state index in [-0.39, 0.29) is 0 Å². The Bertz CT molecular complexity index is 367. The van der Waals surface area contributed by atoms with E-state index in [9.17, 15) is 0 Å². The van der Waals surface area contributed by atoms with E-state index in [0.717, 1.165) is 50.2 Å². The van der Waals surface area contributed by atoms with Gasteiger partial charge in [0.2, 0.25) is 0 Å². The molecule has 1 atom stereocenters. The molecule has 0 spiro atoms. The molecular formula is C15H22BrNO2. The second kappa shape index (κ2) is 8.69. The summed E-state index contributed by atoms with van der Waals surface area (Å²) in [5.41, 5.74) is 1.30. The maximum Gasteiger partial charge on any atom is 0.0809 e. The van der Waals surface area contributed by atoms with E-state index in [1.807, 2.05) is 6.07 Å². The molecule has 1 unspecified atom stereocenters. The van der Waals surface area contributed by atoms with E-state index in [1.54, 1.807) is 0 Å². The average molecular weight is 328 g/mol. The Balaban J connectivity index is 1.46. The lowest BCUT2D eigenvalue weighted by molar-refractivity contribution is 0.0166. The Morgan fingerprint density at radius 2 is 2.37 bits per heavy atom. The van der Waals surface area contributed by atoms with Crippen LogP contribution in [0, 0.1) is 0 Å². The first kappa shape index (κ1) is 15.0.